The van der Waals surface area contributed by atoms with Gasteiger partial charge in [0.15, 0.2) is 5.69 Å². The van der Waals surface area contributed by atoms with Crippen molar-refractivity contribution >= 4 is 61.2 Å². The molecule has 3 aromatic rings. The quantitative estimate of drug-likeness (QED) is 0.438. The first-order valence-electron chi connectivity index (χ1n) is 7.49. The number of fused-ring (bicyclic) bond motifs is 1. The number of nitrogens with one attached hydrogen (secondary N) is 1. The maximum absolute atomic E-state index is 11.4. The van der Waals surface area contributed by atoms with Crippen molar-refractivity contribution in [1.82, 2.24) is 4.57 Å². The van der Waals surface area contributed by atoms with E-state index in [0.29, 0.717) is 21.6 Å². The Labute approximate surface area is 165 Å². The minimum Gasteiger partial charge on any atom is -0.493 e. The van der Waals surface area contributed by atoms with Gasteiger partial charge in [-0.05, 0) is 48.6 Å². The predicted molar refractivity (Wildman–Crippen MR) is 108 cm³/mol. The molecular formula is C16H14ClN5O3S2. The van der Waals surface area contributed by atoms with Crippen LogP contribution in [-0.2, 0) is 17.1 Å². The van der Waals surface area contributed by atoms with Crippen LogP contribution < -0.4 is 10.5 Å². The number of sulfonamides is 1. The smallest absolute Gasteiger partial charge is 0.238 e. The molecule has 11 heteroatoms. The largest absolute Gasteiger partial charge is 0.493 e. The molecule has 1 heterocycles. The number of aromatic hydroxyl groups is 1. The van der Waals surface area contributed by atoms with E-state index in [1.165, 1.54) is 22.8 Å². The molecule has 1 aromatic heterocycles. The first-order valence-corrected chi connectivity index (χ1v) is 9.82. The first kappa shape index (κ1) is 19.2. The second-order valence-corrected chi connectivity index (χ2v) is 7.98. The van der Waals surface area contributed by atoms with Gasteiger partial charge in [0.2, 0.25) is 21.0 Å². The number of benzene rings is 2. The second kappa shape index (κ2) is 7.24. The maximum atomic E-state index is 11.4. The Morgan fingerprint density at radius 3 is 2.74 bits per heavy atom. The summed E-state index contributed by atoms with van der Waals surface area (Å²) in [4.78, 5) is -0.0594. The Bertz CT molecular complexity index is 1190. The fraction of sp³-hybridized carbons (Fsp3) is 0.0625. The van der Waals surface area contributed by atoms with Crippen LogP contribution in [0.15, 0.2) is 57.6 Å². The van der Waals surface area contributed by atoms with E-state index in [1.807, 2.05) is 0 Å². The molecule has 4 N–H and O–H groups in total. The van der Waals surface area contributed by atoms with Gasteiger partial charge in [0.05, 0.1) is 10.4 Å². The highest BCUT2D eigenvalue weighted by atomic mass is 35.5. The molecule has 0 aliphatic rings. The maximum Gasteiger partial charge on any atom is 0.238 e. The fourth-order valence-electron chi connectivity index (χ4n) is 2.47. The highest BCUT2D eigenvalue weighted by molar-refractivity contribution is 7.89. The average Bonchev–Trinajstić information content (AvgIpc) is 2.83. The molecule has 0 saturated carbocycles. The number of primary sulfonamides is 1. The Morgan fingerprint density at radius 1 is 1.30 bits per heavy atom. The normalized spacial score (nSPS) is 12.0. The van der Waals surface area contributed by atoms with E-state index >= 15 is 0 Å². The van der Waals surface area contributed by atoms with E-state index in [4.69, 9.17) is 29.0 Å². The van der Waals surface area contributed by atoms with Gasteiger partial charge in [-0.2, -0.15) is 0 Å². The van der Waals surface area contributed by atoms with Gasteiger partial charge in [-0.25, -0.2) is 13.6 Å². The second-order valence-electron chi connectivity index (χ2n) is 5.60. The van der Waals surface area contributed by atoms with Crippen LogP contribution in [0.4, 0.5) is 11.4 Å². The van der Waals surface area contributed by atoms with E-state index in [0.717, 1.165) is 0 Å². The minimum atomic E-state index is -3.83. The van der Waals surface area contributed by atoms with Crippen molar-refractivity contribution in [3.63, 3.8) is 0 Å². The standard InChI is InChI=1S/C16H14ClN5O3S2/c1-22-13-7-9(17)5-6-12(13)14(15(22)23)20-21-16(26)19-10-3-2-4-11(8-10)27(18,24)25/h2-8,23H,1H3,(H,19,26)(H2,18,24,25). The monoisotopic (exact) mass is 423 g/mol. The molecule has 8 nitrogen and oxygen atoms in total. The highest BCUT2D eigenvalue weighted by Gasteiger charge is 2.15. The van der Waals surface area contributed by atoms with E-state index in [2.05, 4.69) is 15.5 Å². The van der Waals surface area contributed by atoms with Gasteiger partial charge in [-0.1, -0.05) is 17.7 Å². The molecule has 0 spiro atoms. The number of aryl methyl sites for hydroxylation is 1. The van der Waals surface area contributed by atoms with Crippen LogP contribution >= 0.6 is 23.8 Å². The number of halogens is 1. The summed E-state index contributed by atoms with van der Waals surface area (Å²) in [6.45, 7) is 0. The van der Waals surface area contributed by atoms with Crippen LogP contribution in [-0.4, -0.2) is 23.2 Å². The van der Waals surface area contributed by atoms with E-state index in [-0.39, 0.29) is 21.6 Å². The third-order valence-corrected chi connectivity index (χ3v) is 5.09. The number of anilines is 1. The molecule has 0 radical (unpaired) electrons. The number of nitrogens with zero attached hydrogens (tertiary/aromatic N) is 3. The van der Waals surface area contributed by atoms with Crippen molar-refractivity contribution in [2.75, 3.05) is 5.32 Å². The first-order chi connectivity index (χ1) is 12.7. The van der Waals surface area contributed by atoms with Crippen LogP contribution in [0.3, 0.4) is 0 Å². The molecule has 27 heavy (non-hydrogen) atoms. The van der Waals surface area contributed by atoms with Crippen molar-refractivity contribution in [2.24, 2.45) is 22.4 Å². The molecule has 2 aromatic carbocycles. The Kier molecular flexibility index (Phi) is 5.16. The lowest BCUT2D eigenvalue weighted by molar-refractivity contribution is 0.436. The van der Waals surface area contributed by atoms with E-state index in [1.54, 1.807) is 31.3 Å². The van der Waals surface area contributed by atoms with Crippen molar-refractivity contribution < 1.29 is 13.5 Å². The zero-order valence-corrected chi connectivity index (χ0v) is 16.3. The van der Waals surface area contributed by atoms with E-state index < -0.39 is 10.0 Å². The van der Waals surface area contributed by atoms with Crippen molar-refractivity contribution in [2.45, 2.75) is 4.90 Å². The third kappa shape index (κ3) is 4.08. The van der Waals surface area contributed by atoms with Crippen molar-refractivity contribution in [3.8, 4) is 5.88 Å². The molecule has 0 saturated heterocycles. The molecule has 0 unspecified atom stereocenters. The summed E-state index contributed by atoms with van der Waals surface area (Å²) in [5.74, 6) is -0.0879. The minimum absolute atomic E-state index is 0.0214. The van der Waals surface area contributed by atoms with Gasteiger partial charge in [0.1, 0.15) is 0 Å². The summed E-state index contributed by atoms with van der Waals surface area (Å²) < 4.78 is 24.3. The number of nitrogens with two attached hydrogens (primary N) is 1. The molecular weight excluding hydrogens is 410 g/mol. The SMILES string of the molecule is Cn1c(O)c(N=NC(=S)Nc2cccc(S(N)(=O)=O)c2)c2ccc(Cl)cc21. The molecule has 140 valence electrons. The Hall–Kier alpha value is -2.53. The third-order valence-electron chi connectivity index (χ3n) is 3.76. The summed E-state index contributed by atoms with van der Waals surface area (Å²) in [5, 5.41) is 27.2. The lowest BCUT2D eigenvalue weighted by Crippen LogP contribution is -2.13. The van der Waals surface area contributed by atoms with Gasteiger partial charge < -0.3 is 15.0 Å². The highest BCUT2D eigenvalue weighted by Crippen LogP contribution is 2.38. The molecule has 0 fully saturated rings. The summed E-state index contributed by atoms with van der Waals surface area (Å²) in [6.07, 6.45) is 0. The fourth-order valence-corrected chi connectivity index (χ4v) is 3.35. The lowest BCUT2D eigenvalue weighted by Gasteiger charge is -2.05. The average molecular weight is 424 g/mol. The predicted octanol–water partition coefficient (Wildman–Crippen LogP) is 3.67. The van der Waals surface area contributed by atoms with Gasteiger partial charge in [-0.3, -0.25) is 0 Å². The zero-order valence-electron chi connectivity index (χ0n) is 13.9. The number of aromatic nitrogens is 1. The Balaban J connectivity index is 1.86. The lowest BCUT2D eigenvalue weighted by atomic mass is 10.2. The van der Waals surface area contributed by atoms with Crippen molar-refractivity contribution in [3.05, 3.63) is 47.5 Å². The van der Waals surface area contributed by atoms with Gasteiger partial charge in [0.25, 0.3) is 0 Å². The summed E-state index contributed by atoms with van der Waals surface area (Å²) in [7, 11) is -2.16. The zero-order chi connectivity index (χ0) is 19.8. The Morgan fingerprint density at radius 2 is 2.04 bits per heavy atom. The number of rotatable bonds is 3. The van der Waals surface area contributed by atoms with Gasteiger partial charge in [0, 0.05) is 23.1 Å². The number of hydrogen-bond acceptors (Lipinski definition) is 5. The van der Waals surface area contributed by atoms with Crippen LogP contribution in [0.1, 0.15) is 0 Å². The molecule has 0 atom stereocenters. The molecule has 0 aliphatic heterocycles. The number of azo groups is 1. The molecule has 0 aliphatic carbocycles. The van der Waals surface area contributed by atoms with Crippen LogP contribution in [0.2, 0.25) is 5.02 Å². The van der Waals surface area contributed by atoms with Crippen molar-refractivity contribution in [1.29, 1.82) is 0 Å². The van der Waals surface area contributed by atoms with E-state index in [9.17, 15) is 13.5 Å². The number of thiocarbonyl (C=S) groups is 1. The van der Waals surface area contributed by atoms with Crippen LogP contribution in [0.25, 0.3) is 10.9 Å². The molecule has 0 amide bonds. The van der Waals surface area contributed by atoms with Crippen LogP contribution in [0.5, 0.6) is 5.88 Å². The summed E-state index contributed by atoms with van der Waals surface area (Å²) >= 11 is 11.1. The molecule has 3 rings (SSSR count). The molecule has 0 bridgehead atoms. The van der Waals surface area contributed by atoms with Crippen LogP contribution in [0, 0.1) is 0 Å². The number of hydrogen-bond donors (Lipinski definition) is 3. The van der Waals surface area contributed by atoms with Gasteiger partial charge in [-0.15, -0.1) is 10.2 Å². The topological polar surface area (TPSA) is 122 Å². The summed E-state index contributed by atoms with van der Waals surface area (Å²) in [6, 6.07) is 10.9. The summed E-state index contributed by atoms with van der Waals surface area (Å²) in [5.41, 5.74) is 1.32. The van der Waals surface area contributed by atoms with Gasteiger partial charge >= 0.3 is 0 Å².